The highest BCUT2D eigenvalue weighted by atomic mass is 35.5. The van der Waals surface area contributed by atoms with Crippen LogP contribution < -0.4 is 9.47 Å². The third-order valence-electron chi connectivity index (χ3n) is 6.69. The van der Waals surface area contributed by atoms with Gasteiger partial charge in [0, 0.05) is 0 Å². The fraction of sp³-hybridized carbons (Fsp3) is 0.594. The van der Waals surface area contributed by atoms with E-state index in [4.69, 9.17) is 21.1 Å². The molecule has 0 heterocycles. The van der Waals surface area contributed by atoms with Crippen LogP contribution >= 0.6 is 11.6 Å². The minimum absolute atomic E-state index is 0.0912. The summed E-state index contributed by atoms with van der Waals surface area (Å²) in [4.78, 5) is 12.5. The summed E-state index contributed by atoms with van der Waals surface area (Å²) in [7, 11) is 0. The fourth-order valence-corrected chi connectivity index (χ4v) is 4.45. The van der Waals surface area contributed by atoms with E-state index >= 15 is 0 Å². The minimum atomic E-state index is -0.629. The number of alkyl halides is 1. The fourth-order valence-electron chi connectivity index (χ4n) is 4.28. The molecule has 0 N–H and O–H groups in total. The number of benzene rings is 2. The van der Waals surface area contributed by atoms with Crippen LogP contribution in [-0.2, 0) is 4.79 Å². The number of carbonyl (C=O) groups is 1. The number of hydrogen-bond donors (Lipinski definition) is 0. The normalized spacial score (nSPS) is 12.9. The van der Waals surface area contributed by atoms with Gasteiger partial charge in [-0.1, -0.05) is 110 Å². The summed E-state index contributed by atoms with van der Waals surface area (Å²) >= 11 is 6.39. The smallest absolute Gasteiger partial charge is 0.329 e. The van der Waals surface area contributed by atoms with E-state index in [0.717, 1.165) is 49.2 Å². The Labute approximate surface area is 224 Å². The summed E-state index contributed by atoms with van der Waals surface area (Å²) in [5, 5.41) is -0.629. The standard InChI is InChI=1S/C32H47ClO3/c1-5-6-7-8-9-10-11-12-24-35-29-20-16-27(17-21-29)28-18-22-30(23-19-28)36-32(34)31(33)26(4)15-13-14-25(2)3/h16-23,25-26,31H,5-15,24H2,1-4H3. The van der Waals surface area contributed by atoms with Crippen molar-refractivity contribution in [3.63, 3.8) is 0 Å². The van der Waals surface area contributed by atoms with Gasteiger partial charge in [0.15, 0.2) is 0 Å². The maximum Gasteiger partial charge on any atom is 0.329 e. The van der Waals surface area contributed by atoms with Crippen LogP contribution in [0.3, 0.4) is 0 Å². The second-order valence-electron chi connectivity index (χ2n) is 10.5. The molecule has 2 atom stereocenters. The van der Waals surface area contributed by atoms with Gasteiger partial charge in [0.2, 0.25) is 0 Å². The molecule has 2 unspecified atom stereocenters. The van der Waals surface area contributed by atoms with Crippen molar-refractivity contribution in [1.82, 2.24) is 0 Å². The largest absolute Gasteiger partial charge is 0.494 e. The maximum absolute atomic E-state index is 12.5. The molecule has 2 aromatic carbocycles. The number of rotatable bonds is 18. The third kappa shape index (κ3) is 11.8. The molecule has 0 radical (unpaired) electrons. The zero-order valence-corrected chi connectivity index (χ0v) is 23.7. The first kappa shape index (κ1) is 30.2. The highest BCUT2D eigenvalue weighted by molar-refractivity contribution is 6.30. The van der Waals surface area contributed by atoms with Crippen LogP contribution in [0.1, 0.15) is 98.3 Å². The first-order valence-corrected chi connectivity index (χ1v) is 14.5. The summed E-state index contributed by atoms with van der Waals surface area (Å²) < 4.78 is 11.5. The molecule has 2 aromatic rings. The van der Waals surface area contributed by atoms with Gasteiger partial charge in [-0.15, -0.1) is 11.6 Å². The van der Waals surface area contributed by atoms with Gasteiger partial charge in [-0.25, -0.2) is 0 Å². The summed E-state index contributed by atoms with van der Waals surface area (Å²) in [5.74, 6) is 1.81. The lowest BCUT2D eigenvalue weighted by Crippen LogP contribution is -2.27. The first-order valence-electron chi connectivity index (χ1n) is 14.1. The predicted octanol–water partition coefficient (Wildman–Crippen LogP) is 9.85. The molecule has 0 bridgehead atoms. The molecule has 4 heteroatoms. The van der Waals surface area contributed by atoms with Crippen molar-refractivity contribution in [3.8, 4) is 22.6 Å². The summed E-state index contributed by atoms with van der Waals surface area (Å²) in [5.41, 5.74) is 2.16. The zero-order chi connectivity index (χ0) is 26.2. The van der Waals surface area contributed by atoms with Crippen molar-refractivity contribution >= 4 is 17.6 Å². The second-order valence-corrected chi connectivity index (χ2v) is 11.0. The van der Waals surface area contributed by atoms with E-state index < -0.39 is 5.38 Å². The van der Waals surface area contributed by atoms with Gasteiger partial charge < -0.3 is 9.47 Å². The van der Waals surface area contributed by atoms with Crippen LogP contribution in [0.25, 0.3) is 11.1 Å². The van der Waals surface area contributed by atoms with Gasteiger partial charge in [-0.05, 0) is 60.1 Å². The van der Waals surface area contributed by atoms with Gasteiger partial charge in [0.25, 0.3) is 0 Å². The third-order valence-corrected chi connectivity index (χ3v) is 7.30. The van der Waals surface area contributed by atoms with Gasteiger partial charge >= 0.3 is 5.97 Å². The van der Waals surface area contributed by atoms with Crippen LogP contribution in [-0.4, -0.2) is 18.0 Å². The lowest BCUT2D eigenvalue weighted by atomic mass is 9.97. The predicted molar refractivity (Wildman–Crippen MR) is 153 cm³/mol. The molecule has 200 valence electrons. The quantitative estimate of drug-likeness (QED) is 0.0858. The molecule has 0 aromatic heterocycles. The minimum Gasteiger partial charge on any atom is -0.494 e. The van der Waals surface area contributed by atoms with Crippen molar-refractivity contribution < 1.29 is 14.3 Å². The first-order chi connectivity index (χ1) is 17.4. The molecule has 3 nitrogen and oxygen atoms in total. The van der Waals surface area contributed by atoms with Crippen molar-refractivity contribution in [2.75, 3.05) is 6.61 Å². The Balaban J connectivity index is 1.73. The number of carbonyl (C=O) groups excluding carboxylic acids is 1. The Kier molecular flexibility index (Phi) is 14.7. The maximum atomic E-state index is 12.5. The van der Waals surface area contributed by atoms with Crippen LogP contribution in [0.15, 0.2) is 48.5 Å². The monoisotopic (exact) mass is 514 g/mol. The van der Waals surface area contributed by atoms with E-state index in [1.165, 1.54) is 44.9 Å². The van der Waals surface area contributed by atoms with Crippen molar-refractivity contribution in [2.45, 2.75) is 104 Å². The van der Waals surface area contributed by atoms with E-state index in [9.17, 15) is 4.79 Å². The Morgan fingerprint density at radius 2 is 1.25 bits per heavy atom. The highest BCUT2D eigenvalue weighted by Crippen LogP contribution is 2.26. The second kappa shape index (κ2) is 17.5. The van der Waals surface area contributed by atoms with Crippen LogP contribution in [0, 0.1) is 11.8 Å². The van der Waals surface area contributed by atoms with Crippen molar-refractivity contribution in [3.05, 3.63) is 48.5 Å². The van der Waals surface area contributed by atoms with Crippen molar-refractivity contribution in [2.24, 2.45) is 11.8 Å². The molecular weight excluding hydrogens is 468 g/mol. The molecule has 0 aliphatic rings. The number of ether oxygens (including phenoxy) is 2. The van der Waals surface area contributed by atoms with Crippen LogP contribution in [0.2, 0.25) is 0 Å². The Morgan fingerprint density at radius 1 is 0.722 bits per heavy atom. The molecule has 0 saturated carbocycles. The summed E-state index contributed by atoms with van der Waals surface area (Å²) in [6.07, 6.45) is 13.6. The highest BCUT2D eigenvalue weighted by Gasteiger charge is 2.24. The Hall–Kier alpha value is -2.00. The number of esters is 1. The molecule has 0 saturated heterocycles. The Bertz CT molecular complexity index is 845. The van der Waals surface area contributed by atoms with E-state index in [0.29, 0.717) is 11.7 Å². The zero-order valence-electron chi connectivity index (χ0n) is 22.9. The van der Waals surface area contributed by atoms with E-state index in [-0.39, 0.29) is 11.9 Å². The van der Waals surface area contributed by atoms with Crippen LogP contribution in [0.5, 0.6) is 11.5 Å². The number of hydrogen-bond acceptors (Lipinski definition) is 3. The molecule has 2 rings (SSSR count). The molecule has 0 aliphatic heterocycles. The molecular formula is C32H47ClO3. The average molecular weight is 515 g/mol. The molecule has 0 fully saturated rings. The summed E-state index contributed by atoms with van der Waals surface area (Å²) in [6.45, 7) is 9.47. The SMILES string of the molecule is CCCCCCCCCCOc1ccc(-c2ccc(OC(=O)C(Cl)C(C)CCCC(C)C)cc2)cc1. The van der Waals surface area contributed by atoms with E-state index in [1.54, 1.807) is 0 Å². The molecule has 0 spiro atoms. The molecule has 0 aliphatic carbocycles. The van der Waals surface area contributed by atoms with Crippen LogP contribution in [0.4, 0.5) is 0 Å². The summed E-state index contributed by atoms with van der Waals surface area (Å²) in [6, 6.07) is 15.8. The molecule has 36 heavy (non-hydrogen) atoms. The lowest BCUT2D eigenvalue weighted by Gasteiger charge is -2.17. The van der Waals surface area contributed by atoms with Gasteiger partial charge in [-0.3, -0.25) is 4.79 Å². The number of halogens is 1. The van der Waals surface area contributed by atoms with Gasteiger partial charge in [0.1, 0.15) is 16.9 Å². The van der Waals surface area contributed by atoms with Gasteiger partial charge in [-0.2, -0.15) is 0 Å². The van der Waals surface area contributed by atoms with Gasteiger partial charge in [0.05, 0.1) is 6.61 Å². The average Bonchev–Trinajstić information content (AvgIpc) is 2.88. The number of unbranched alkanes of at least 4 members (excludes halogenated alkanes) is 7. The Morgan fingerprint density at radius 3 is 1.81 bits per heavy atom. The van der Waals surface area contributed by atoms with E-state index in [1.807, 2.05) is 43.3 Å². The van der Waals surface area contributed by atoms with Crippen molar-refractivity contribution in [1.29, 1.82) is 0 Å². The topological polar surface area (TPSA) is 35.5 Å². The lowest BCUT2D eigenvalue weighted by molar-refractivity contribution is -0.134. The van der Waals surface area contributed by atoms with E-state index in [2.05, 4.69) is 32.9 Å². The molecule has 0 amide bonds.